The zero-order valence-electron chi connectivity index (χ0n) is 8.04. The maximum atomic E-state index is 10.8. The minimum Gasteiger partial charge on any atom is -0.378 e. The molecule has 0 aromatic heterocycles. The van der Waals surface area contributed by atoms with E-state index in [0.29, 0.717) is 32.9 Å². The van der Waals surface area contributed by atoms with Gasteiger partial charge in [-0.25, -0.2) is 0 Å². The highest BCUT2D eigenvalue weighted by atomic mass is 16.5. The number of carbonyl (C=O) groups is 1. The Labute approximate surface area is 78.6 Å². The molecule has 0 unspecified atom stereocenters. The minimum atomic E-state index is -0.0960. The maximum Gasteiger partial charge on any atom is 0.245 e. The van der Waals surface area contributed by atoms with E-state index in [9.17, 15) is 4.79 Å². The van der Waals surface area contributed by atoms with Gasteiger partial charge in [0.1, 0.15) is 6.61 Å². The summed E-state index contributed by atoms with van der Waals surface area (Å²) in [6.07, 6.45) is 0. The lowest BCUT2D eigenvalue weighted by Gasteiger charge is -2.04. The molecule has 0 aliphatic carbocycles. The van der Waals surface area contributed by atoms with Gasteiger partial charge in [0.15, 0.2) is 0 Å². The minimum absolute atomic E-state index is 0.0960. The van der Waals surface area contributed by atoms with E-state index >= 15 is 0 Å². The standard InChI is InChI=1S/C8H18N2O3/c1-2-10-8(11)7-13-6-5-12-4-3-9/h2-7,9H2,1H3,(H,10,11). The molecule has 78 valence electrons. The van der Waals surface area contributed by atoms with E-state index in [4.69, 9.17) is 15.2 Å². The molecular formula is C8H18N2O3. The second-order valence-electron chi connectivity index (χ2n) is 2.41. The average molecular weight is 190 g/mol. The number of hydrogen-bond acceptors (Lipinski definition) is 4. The van der Waals surface area contributed by atoms with Crippen LogP contribution in [0.3, 0.4) is 0 Å². The molecule has 0 fully saturated rings. The molecule has 0 spiro atoms. The zero-order chi connectivity index (χ0) is 9.94. The van der Waals surface area contributed by atoms with Crippen LogP contribution in [0.2, 0.25) is 0 Å². The van der Waals surface area contributed by atoms with Gasteiger partial charge in [-0.05, 0) is 6.92 Å². The van der Waals surface area contributed by atoms with Gasteiger partial charge in [0, 0.05) is 13.1 Å². The van der Waals surface area contributed by atoms with Crippen LogP contribution in [0.5, 0.6) is 0 Å². The molecule has 13 heavy (non-hydrogen) atoms. The summed E-state index contributed by atoms with van der Waals surface area (Å²) in [6.45, 7) is 4.54. The van der Waals surface area contributed by atoms with Crippen LogP contribution in [0.25, 0.3) is 0 Å². The quantitative estimate of drug-likeness (QED) is 0.487. The molecule has 0 heterocycles. The van der Waals surface area contributed by atoms with Crippen molar-refractivity contribution in [3.63, 3.8) is 0 Å². The lowest BCUT2D eigenvalue weighted by Crippen LogP contribution is -2.27. The number of ether oxygens (including phenoxy) is 2. The van der Waals surface area contributed by atoms with Gasteiger partial charge < -0.3 is 20.5 Å². The first kappa shape index (κ1) is 12.3. The third-order valence-corrected chi connectivity index (χ3v) is 1.24. The molecule has 0 aliphatic rings. The lowest BCUT2D eigenvalue weighted by molar-refractivity contribution is -0.126. The molecule has 0 rings (SSSR count). The van der Waals surface area contributed by atoms with Crippen LogP contribution in [0.15, 0.2) is 0 Å². The summed E-state index contributed by atoms with van der Waals surface area (Å²) < 4.78 is 10.1. The van der Waals surface area contributed by atoms with Gasteiger partial charge in [-0.1, -0.05) is 0 Å². The largest absolute Gasteiger partial charge is 0.378 e. The number of rotatable bonds is 8. The Morgan fingerprint density at radius 3 is 2.62 bits per heavy atom. The Hall–Kier alpha value is -0.650. The van der Waals surface area contributed by atoms with Gasteiger partial charge in [-0.3, -0.25) is 4.79 Å². The smallest absolute Gasteiger partial charge is 0.245 e. The van der Waals surface area contributed by atoms with E-state index in [-0.39, 0.29) is 12.5 Å². The Morgan fingerprint density at radius 1 is 1.31 bits per heavy atom. The normalized spacial score (nSPS) is 10.0. The second-order valence-corrected chi connectivity index (χ2v) is 2.41. The van der Waals surface area contributed by atoms with E-state index < -0.39 is 0 Å². The van der Waals surface area contributed by atoms with Crippen LogP contribution in [0, 0.1) is 0 Å². The van der Waals surface area contributed by atoms with Gasteiger partial charge in [0.05, 0.1) is 19.8 Å². The van der Waals surface area contributed by atoms with E-state index in [1.54, 1.807) is 0 Å². The number of likely N-dealkylation sites (N-methyl/N-ethyl adjacent to an activating group) is 1. The van der Waals surface area contributed by atoms with E-state index in [1.165, 1.54) is 0 Å². The average Bonchev–Trinajstić information content (AvgIpc) is 2.11. The molecule has 0 bridgehead atoms. The molecule has 0 aromatic rings. The van der Waals surface area contributed by atoms with Crippen LogP contribution in [-0.2, 0) is 14.3 Å². The highest BCUT2D eigenvalue weighted by Crippen LogP contribution is 1.78. The molecule has 0 atom stereocenters. The Balaban J connectivity index is 3.02. The van der Waals surface area contributed by atoms with Gasteiger partial charge in [-0.15, -0.1) is 0 Å². The number of amides is 1. The fourth-order valence-corrected chi connectivity index (χ4v) is 0.716. The van der Waals surface area contributed by atoms with Gasteiger partial charge >= 0.3 is 0 Å². The lowest BCUT2D eigenvalue weighted by atomic mass is 10.6. The SMILES string of the molecule is CCNC(=O)COCCOCCN. The van der Waals surface area contributed by atoms with Crippen molar-refractivity contribution >= 4 is 5.91 Å². The monoisotopic (exact) mass is 190 g/mol. The van der Waals surface area contributed by atoms with Gasteiger partial charge in [-0.2, -0.15) is 0 Å². The molecular weight excluding hydrogens is 172 g/mol. The van der Waals surface area contributed by atoms with Crippen molar-refractivity contribution in [1.82, 2.24) is 5.32 Å². The van der Waals surface area contributed by atoms with Crippen molar-refractivity contribution in [3.05, 3.63) is 0 Å². The summed E-state index contributed by atoms with van der Waals surface area (Å²) in [5.74, 6) is -0.0960. The predicted molar refractivity (Wildman–Crippen MR) is 49.4 cm³/mol. The van der Waals surface area contributed by atoms with Crippen molar-refractivity contribution in [2.24, 2.45) is 5.73 Å². The Morgan fingerprint density at radius 2 is 2.00 bits per heavy atom. The van der Waals surface area contributed by atoms with Crippen molar-refractivity contribution in [1.29, 1.82) is 0 Å². The van der Waals surface area contributed by atoms with Gasteiger partial charge in [0.25, 0.3) is 0 Å². The summed E-state index contributed by atoms with van der Waals surface area (Å²) in [7, 11) is 0. The molecule has 5 nitrogen and oxygen atoms in total. The fourth-order valence-electron chi connectivity index (χ4n) is 0.716. The number of hydrogen-bond donors (Lipinski definition) is 2. The Kier molecular flexibility index (Phi) is 8.97. The van der Waals surface area contributed by atoms with Crippen LogP contribution in [0.1, 0.15) is 6.92 Å². The number of nitrogens with one attached hydrogen (secondary N) is 1. The van der Waals surface area contributed by atoms with Crippen LogP contribution < -0.4 is 11.1 Å². The highest BCUT2D eigenvalue weighted by Gasteiger charge is 1.97. The van der Waals surface area contributed by atoms with Crippen molar-refractivity contribution < 1.29 is 14.3 Å². The van der Waals surface area contributed by atoms with Crippen LogP contribution >= 0.6 is 0 Å². The molecule has 0 aromatic carbocycles. The van der Waals surface area contributed by atoms with Gasteiger partial charge in [0.2, 0.25) is 5.91 Å². The van der Waals surface area contributed by atoms with Crippen molar-refractivity contribution in [2.45, 2.75) is 6.92 Å². The van der Waals surface area contributed by atoms with Crippen LogP contribution in [0.4, 0.5) is 0 Å². The molecule has 1 amide bonds. The molecule has 0 aliphatic heterocycles. The molecule has 5 heteroatoms. The molecule has 0 saturated heterocycles. The first-order chi connectivity index (χ1) is 6.31. The second kappa shape index (κ2) is 9.44. The van der Waals surface area contributed by atoms with E-state index in [2.05, 4.69) is 5.32 Å². The van der Waals surface area contributed by atoms with Crippen LogP contribution in [-0.4, -0.2) is 45.4 Å². The molecule has 0 saturated carbocycles. The third-order valence-electron chi connectivity index (χ3n) is 1.24. The zero-order valence-corrected chi connectivity index (χ0v) is 8.04. The summed E-state index contributed by atoms with van der Waals surface area (Å²) in [5, 5.41) is 2.62. The summed E-state index contributed by atoms with van der Waals surface area (Å²) in [5.41, 5.74) is 5.20. The van der Waals surface area contributed by atoms with E-state index in [1.807, 2.05) is 6.92 Å². The summed E-state index contributed by atoms with van der Waals surface area (Å²) in [4.78, 5) is 10.8. The fraction of sp³-hybridized carbons (Fsp3) is 0.875. The highest BCUT2D eigenvalue weighted by molar-refractivity contribution is 5.77. The maximum absolute atomic E-state index is 10.8. The summed E-state index contributed by atoms with van der Waals surface area (Å²) in [6, 6.07) is 0. The predicted octanol–water partition coefficient (Wildman–Crippen LogP) is -0.886. The topological polar surface area (TPSA) is 73.6 Å². The number of carbonyl (C=O) groups excluding carboxylic acids is 1. The molecule has 0 radical (unpaired) electrons. The first-order valence-electron chi connectivity index (χ1n) is 4.43. The van der Waals surface area contributed by atoms with E-state index in [0.717, 1.165) is 0 Å². The summed E-state index contributed by atoms with van der Waals surface area (Å²) >= 11 is 0. The Bertz CT molecular complexity index is 131. The first-order valence-corrected chi connectivity index (χ1v) is 4.43. The van der Waals surface area contributed by atoms with Crippen molar-refractivity contribution in [2.75, 3.05) is 39.5 Å². The third kappa shape index (κ3) is 9.26. The number of nitrogens with two attached hydrogens (primary N) is 1. The van der Waals surface area contributed by atoms with Crippen molar-refractivity contribution in [3.8, 4) is 0 Å². The molecule has 3 N–H and O–H groups in total.